The van der Waals surface area contributed by atoms with E-state index in [-0.39, 0.29) is 23.7 Å². The van der Waals surface area contributed by atoms with Gasteiger partial charge in [-0.1, -0.05) is 58.0 Å². The highest BCUT2D eigenvalue weighted by Crippen LogP contribution is 2.40. The van der Waals surface area contributed by atoms with Crippen molar-refractivity contribution in [2.45, 2.75) is 40.0 Å². The summed E-state index contributed by atoms with van der Waals surface area (Å²) in [4.78, 5) is 26.6. The van der Waals surface area contributed by atoms with Crippen LogP contribution in [0.15, 0.2) is 30.3 Å². The molecule has 0 aliphatic carbocycles. The Balaban J connectivity index is 2.24. The third kappa shape index (κ3) is 3.26. The lowest BCUT2D eigenvalue weighted by Gasteiger charge is -2.30. The van der Waals surface area contributed by atoms with Crippen LogP contribution in [0.4, 0.5) is 0 Å². The first-order valence-electron chi connectivity index (χ1n) is 8.36. The molecule has 1 heterocycles. The Labute approximate surface area is 138 Å². The number of carboxylic acid groups (broad SMARTS) is 1. The molecule has 0 saturated carbocycles. The van der Waals surface area contributed by atoms with Gasteiger partial charge < -0.3 is 10.0 Å². The summed E-state index contributed by atoms with van der Waals surface area (Å²) in [6.45, 7) is 8.78. The monoisotopic (exact) mass is 317 g/mol. The fourth-order valence-electron chi connectivity index (χ4n) is 3.58. The topological polar surface area (TPSA) is 57.6 Å². The highest BCUT2D eigenvalue weighted by molar-refractivity contribution is 5.86. The zero-order chi connectivity index (χ0) is 17.2. The summed E-state index contributed by atoms with van der Waals surface area (Å²) in [5.41, 5.74) is 0.193. The van der Waals surface area contributed by atoms with E-state index < -0.39 is 11.4 Å². The van der Waals surface area contributed by atoms with E-state index in [1.54, 1.807) is 4.90 Å². The molecule has 1 aliphatic heterocycles. The number of aliphatic carboxylic acids is 1. The van der Waals surface area contributed by atoms with Crippen molar-refractivity contribution in [2.24, 2.45) is 17.3 Å². The number of likely N-dealkylation sites (tertiary alicyclic amines) is 1. The Morgan fingerprint density at radius 2 is 1.74 bits per heavy atom. The molecule has 1 amide bonds. The number of amides is 1. The Hall–Kier alpha value is -1.84. The van der Waals surface area contributed by atoms with Crippen molar-refractivity contribution in [3.8, 4) is 0 Å². The van der Waals surface area contributed by atoms with Crippen LogP contribution >= 0.6 is 0 Å². The fraction of sp³-hybridized carbons (Fsp3) is 0.579. The molecule has 4 nitrogen and oxygen atoms in total. The third-order valence-electron chi connectivity index (χ3n) is 5.24. The molecule has 1 saturated heterocycles. The standard InChI is InChI=1S/C19H27NO3/c1-13(2)16(15-8-6-5-7-9-15)17(21)20-11-10-19(12-20,14(3)4)18(22)23/h5-9,13-14,16H,10-12H2,1-4H3,(H,22,23). The first-order valence-corrected chi connectivity index (χ1v) is 8.36. The van der Waals surface area contributed by atoms with E-state index in [2.05, 4.69) is 0 Å². The van der Waals surface area contributed by atoms with E-state index in [0.29, 0.717) is 19.5 Å². The summed E-state index contributed by atoms with van der Waals surface area (Å²) in [6.07, 6.45) is 0.533. The Bertz CT molecular complexity index is 567. The summed E-state index contributed by atoms with van der Waals surface area (Å²) in [5, 5.41) is 9.66. The molecule has 1 N–H and O–H groups in total. The zero-order valence-electron chi connectivity index (χ0n) is 14.5. The van der Waals surface area contributed by atoms with Gasteiger partial charge >= 0.3 is 5.97 Å². The molecule has 1 fully saturated rings. The maximum atomic E-state index is 13.1. The molecule has 2 rings (SSSR count). The van der Waals surface area contributed by atoms with Crippen molar-refractivity contribution in [3.05, 3.63) is 35.9 Å². The summed E-state index contributed by atoms with van der Waals surface area (Å²) >= 11 is 0. The first-order chi connectivity index (χ1) is 10.8. The van der Waals surface area contributed by atoms with E-state index in [1.807, 2.05) is 58.0 Å². The summed E-state index contributed by atoms with van der Waals surface area (Å²) in [6, 6.07) is 9.78. The molecule has 0 spiro atoms. The van der Waals surface area contributed by atoms with Gasteiger partial charge in [-0.15, -0.1) is 0 Å². The Morgan fingerprint density at radius 1 is 1.13 bits per heavy atom. The van der Waals surface area contributed by atoms with Gasteiger partial charge in [0.25, 0.3) is 0 Å². The predicted octanol–water partition coefficient (Wildman–Crippen LogP) is 3.39. The highest BCUT2D eigenvalue weighted by Gasteiger charge is 2.49. The number of hydrogen-bond donors (Lipinski definition) is 1. The minimum atomic E-state index is -0.812. The number of nitrogens with zero attached hydrogens (tertiary/aromatic N) is 1. The largest absolute Gasteiger partial charge is 0.481 e. The Kier molecular flexibility index (Phi) is 5.12. The maximum absolute atomic E-state index is 13.1. The van der Waals surface area contributed by atoms with Crippen molar-refractivity contribution in [2.75, 3.05) is 13.1 Å². The predicted molar refractivity (Wildman–Crippen MR) is 90.1 cm³/mol. The zero-order valence-corrected chi connectivity index (χ0v) is 14.5. The SMILES string of the molecule is CC(C)C(C(=O)N1CCC(C(=O)O)(C(C)C)C1)c1ccccc1. The summed E-state index contributed by atoms with van der Waals surface area (Å²) in [5.74, 6) is -0.776. The summed E-state index contributed by atoms with van der Waals surface area (Å²) in [7, 11) is 0. The van der Waals surface area contributed by atoms with E-state index >= 15 is 0 Å². The number of rotatable bonds is 5. The van der Waals surface area contributed by atoms with Crippen LogP contribution < -0.4 is 0 Å². The molecule has 1 aliphatic rings. The minimum Gasteiger partial charge on any atom is -0.481 e. The van der Waals surface area contributed by atoms with Crippen LogP contribution in [0.3, 0.4) is 0 Å². The average Bonchev–Trinajstić information content (AvgIpc) is 2.94. The highest BCUT2D eigenvalue weighted by atomic mass is 16.4. The molecular weight excluding hydrogens is 290 g/mol. The van der Waals surface area contributed by atoms with Crippen LogP contribution in [-0.2, 0) is 9.59 Å². The van der Waals surface area contributed by atoms with Gasteiger partial charge in [0.2, 0.25) is 5.91 Å². The molecule has 0 bridgehead atoms. The fourth-order valence-corrected chi connectivity index (χ4v) is 3.58. The molecule has 2 unspecified atom stereocenters. The van der Waals surface area contributed by atoms with Crippen molar-refractivity contribution in [1.82, 2.24) is 4.90 Å². The van der Waals surface area contributed by atoms with Gasteiger partial charge in [-0.25, -0.2) is 0 Å². The smallest absolute Gasteiger partial charge is 0.311 e. The van der Waals surface area contributed by atoms with Crippen LogP contribution in [0.1, 0.15) is 45.6 Å². The number of carboxylic acids is 1. The van der Waals surface area contributed by atoms with Crippen LogP contribution in [0.5, 0.6) is 0 Å². The van der Waals surface area contributed by atoms with Crippen molar-refractivity contribution in [1.29, 1.82) is 0 Å². The number of hydrogen-bond acceptors (Lipinski definition) is 2. The molecule has 0 aromatic heterocycles. The van der Waals surface area contributed by atoms with Gasteiger partial charge in [0.15, 0.2) is 0 Å². The van der Waals surface area contributed by atoms with Gasteiger partial charge in [0.05, 0.1) is 11.3 Å². The molecular formula is C19H27NO3. The maximum Gasteiger partial charge on any atom is 0.311 e. The lowest BCUT2D eigenvalue weighted by molar-refractivity contribution is -0.151. The molecule has 126 valence electrons. The number of carbonyl (C=O) groups excluding carboxylic acids is 1. The van der Waals surface area contributed by atoms with Crippen LogP contribution in [0.25, 0.3) is 0 Å². The average molecular weight is 317 g/mol. The van der Waals surface area contributed by atoms with E-state index in [9.17, 15) is 14.7 Å². The van der Waals surface area contributed by atoms with E-state index in [1.165, 1.54) is 0 Å². The lowest BCUT2D eigenvalue weighted by atomic mass is 9.76. The molecule has 2 atom stereocenters. The second-order valence-corrected chi connectivity index (χ2v) is 7.26. The minimum absolute atomic E-state index is 0.00650. The second kappa shape index (κ2) is 6.73. The number of benzene rings is 1. The van der Waals surface area contributed by atoms with Gasteiger partial charge in [0.1, 0.15) is 0 Å². The van der Waals surface area contributed by atoms with Crippen molar-refractivity contribution >= 4 is 11.9 Å². The molecule has 1 aromatic rings. The number of carbonyl (C=O) groups is 2. The lowest BCUT2D eigenvalue weighted by Crippen LogP contribution is -2.42. The molecule has 0 radical (unpaired) electrons. The molecule has 1 aromatic carbocycles. The van der Waals surface area contributed by atoms with Gasteiger partial charge in [-0.2, -0.15) is 0 Å². The first kappa shape index (κ1) is 17.5. The van der Waals surface area contributed by atoms with Crippen LogP contribution in [-0.4, -0.2) is 35.0 Å². The van der Waals surface area contributed by atoms with Gasteiger partial charge in [-0.3, -0.25) is 9.59 Å². The van der Waals surface area contributed by atoms with Crippen LogP contribution in [0.2, 0.25) is 0 Å². The van der Waals surface area contributed by atoms with Crippen molar-refractivity contribution in [3.63, 3.8) is 0 Å². The Morgan fingerprint density at radius 3 is 2.17 bits per heavy atom. The third-order valence-corrected chi connectivity index (χ3v) is 5.24. The van der Waals surface area contributed by atoms with E-state index in [0.717, 1.165) is 5.56 Å². The van der Waals surface area contributed by atoms with Gasteiger partial charge in [0, 0.05) is 13.1 Å². The molecule has 23 heavy (non-hydrogen) atoms. The molecule has 4 heteroatoms. The quantitative estimate of drug-likeness (QED) is 0.905. The van der Waals surface area contributed by atoms with E-state index in [4.69, 9.17) is 0 Å². The van der Waals surface area contributed by atoms with Crippen LogP contribution in [0, 0.1) is 17.3 Å². The van der Waals surface area contributed by atoms with Crippen molar-refractivity contribution < 1.29 is 14.7 Å². The van der Waals surface area contributed by atoms with Gasteiger partial charge in [-0.05, 0) is 23.8 Å². The normalized spacial score (nSPS) is 22.6. The summed E-state index contributed by atoms with van der Waals surface area (Å²) < 4.78 is 0. The second-order valence-electron chi connectivity index (χ2n) is 7.26.